The number of carboxylic acid groups (broad SMARTS) is 1. The van der Waals surface area contributed by atoms with Gasteiger partial charge >= 0.3 is 5.97 Å². The second-order valence-electron chi connectivity index (χ2n) is 3.72. The van der Waals surface area contributed by atoms with Crippen molar-refractivity contribution in [2.75, 3.05) is 11.4 Å². The standard InChI is InChI=1S/C12H12N2O2/c1-2-9-4-3-7-14(9)11-8-13-6-5-10(11)12(15)16/h1,5-6,8-9H,3-4,7H2,(H,15,16). The number of aromatic carboxylic acids is 1. The highest BCUT2D eigenvalue weighted by atomic mass is 16.4. The van der Waals surface area contributed by atoms with E-state index in [4.69, 9.17) is 11.5 Å². The van der Waals surface area contributed by atoms with Crippen molar-refractivity contribution in [2.45, 2.75) is 18.9 Å². The summed E-state index contributed by atoms with van der Waals surface area (Å²) in [6.07, 6.45) is 10.4. The third-order valence-corrected chi connectivity index (χ3v) is 2.79. The molecule has 1 saturated heterocycles. The number of pyridine rings is 1. The molecule has 1 unspecified atom stereocenters. The average molecular weight is 216 g/mol. The zero-order valence-electron chi connectivity index (χ0n) is 8.76. The fraction of sp³-hybridized carbons (Fsp3) is 0.333. The number of terminal acetylenes is 1. The van der Waals surface area contributed by atoms with Gasteiger partial charge in [0.05, 0.1) is 23.5 Å². The Kier molecular flexibility index (Phi) is 2.78. The van der Waals surface area contributed by atoms with E-state index < -0.39 is 5.97 Å². The normalized spacial score (nSPS) is 19.4. The van der Waals surface area contributed by atoms with E-state index in [1.807, 2.05) is 4.90 Å². The van der Waals surface area contributed by atoms with Crippen molar-refractivity contribution in [1.29, 1.82) is 0 Å². The summed E-state index contributed by atoms with van der Waals surface area (Å²) >= 11 is 0. The van der Waals surface area contributed by atoms with E-state index in [0.717, 1.165) is 19.4 Å². The highest BCUT2D eigenvalue weighted by Crippen LogP contribution is 2.27. The zero-order valence-corrected chi connectivity index (χ0v) is 8.76. The molecule has 1 aliphatic rings. The van der Waals surface area contributed by atoms with Crippen LogP contribution in [-0.2, 0) is 0 Å². The Morgan fingerprint density at radius 1 is 1.69 bits per heavy atom. The lowest BCUT2D eigenvalue weighted by Crippen LogP contribution is -2.29. The summed E-state index contributed by atoms with van der Waals surface area (Å²) in [6.45, 7) is 0.792. The maximum atomic E-state index is 11.1. The molecule has 1 fully saturated rings. The first kappa shape index (κ1) is 10.5. The third kappa shape index (κ3) is 1.72. The number of carbonyl (C=O) groups is 1. The molecule has 4 heteroatoms. The summed E-state index contributed by atoms with van der Waals surface area (Å²) in [5.74, 6) is 1.74. The lowest BCUT2D eigenvalue weighted by atomic mass is 10.2. The van der Waals surface area contributed by atoms with Gasteiger partial charge in [-0.05, 0) is 18.9 Å². The number of rotatable bonds is 2. The van der Waals surface area contributed by atoms with Crippen LogP contribution in [0.1, 0.15) is 23.2 Å². The topological polar surface area (TPSA) is 53.4 Å². The number of hydrogen-bond donors (Lipinski definition) is 1. The molecule has 1 N–H and O–H groups in total. The molecule has 0 amide bonds. The molecular formula is C12H12N2O2. The highest BCUT2D eigenvalue weighted by Gasteiger charge is 2.26. The molecule has 0 bridgehead atoms. The molecule has 16 heavy (non-hydrogen) atoms. The number of aromatic nitrogens is 1. The van der Waals surface area contributed by atoms with Crippen LogP contribution in [0.3, 0.4) is 0 Å². The van der Waals surface area contributed by atoms with Gasteiger partial charge in [0.15, 0.2) is 0 Å². The summed E-state index contributed by atoms with van der Waals surface area (Å²) < 4.78 is 0. The number of anilines is 1. The first-order valence-corrected chi connectivity index (χ1v) is 5.14. The Morgan fingerprint density at radius 2 is 2.50 bits per heavy atom. The Morgan fingerprint density at radius 3 is 3.19 bits per heavy atom. The fourth-order valence-corrected chi connectivity index (χ4v) is 2.02. The predicted octanol–water partition coefficient (Wildman–Crippen LogP) is 1.38. The molecule has 1 aromatic heterocycles. The minimum Gasteiger partial charge on any atom is -0.478 e. The molecule has 1 atom stereocenters. The van der Waals surface area contributed by atoms with E-state index in [0.29, 0.717) is 5.69 Å². The molecule has 0 spiro atoms. The smallest absolute Gasteiger partial charge is 0.337 e. The van der Waals surface area contributed by atoms with Crippen molar-refractivity contribution in [1.82, 2.24) is 4.98 Å². The van der Waals surface area contributed by atoms with Crippen molar-refractivity contribution in [3.8, 4) is 12.3 Å². The molecule has 2 heterocycles. The second kappa shape index (κ2) is 4.23. The summed E-state index contributed by atoms with van der Waals surface area (Å²) in [6, 6.07) is 1.49. The van der Waals surface area contributed by atoms with Crippen LogP contribution in [0.15, 0.2) is 18.5 Å². The SMILES string of the molecule is C#CC1CCCN1c1cnccc1C(=O)O. The van der Waals surface area contributed by atoms with Crippen molar-refractivity contribution in [2.24, 2.45) is 0 Å². The van der Waals surface area contributed by atoms with Crippen LogP contribution in [0.4, 0.5) is 5.69 Å². The first-order valence-electron chi connectivity index (χ1n) is 5.14. The zero-order chi connectivity index (χ0) is 11.5. The Labute approximate surface area is 93.9 Å². The van der Waals surface area contributed by atoms with Crippen LogP contribution in [0.25, 0.3) is 0 Å². The molecule has 0 saturated carbocycles. The van der Waals surface area contributed by atoms with Crippen molar-refractivity contribution in [3.05, 3.63) is 24.0 Å². The van der Waals surface area contributed by atoms with Gasteiger partial charge in [-0.1, -0.05) is 5.92 Å². The van der Waals surface area contributed by atoms with Crippen LogP contribution in [0, 0.1) is 12.3 Å². The molecule has 2 rings (SSSR count). The maximum absolute atomic E-state index is 11.1. The van der Waals surface area contributed by atoms with E-state index in [2.05, 4.69) is 10.9 Å². The van der Waals surface area contributed by atoms with Crippen LogP contribution in [0.2, 0.25) is 0 Å². The second-order valence-corrected chi connectivity index (χ2v) is 3.72. The summed E-state index contributed by atoms with van der Waals surface area (Å²) in [7, 11) is 0. The van der Waals surface area contributed by atoms with Gasteiger partial charge in [0, 0.05) is 12.7 Å². The van der Waals surface area contributed by atoms with Gasteiger partial charge in [-0.15, -0.1) is 6.42 Å². The van der Waals surface area contributed by atoms with E-state index >= 15 is 0 Å². The molecule has 4 nitrogen and oxygen atoms in total. The quantitative estimate of drug-likeness (QED) is 0.759. The van der Waals surface area contributed by atoms with E-state index in [9.17, 15) is 4.79 Å². The van der Waals surface area contributed by atoms with Gasteiger partial charge < -0.3 is 10.0 Å². The molecule has 0 aliphatic carbocycles. The Balaban J connectivity index is 2.40. The average Bonchev–Trinajstić information content (AvgIpc) is 2.76. The third-order valence-electron chi connectivity index (χ3n) is 2.79. The van der Waals surface area contributed by atoms with Gasteiger partial charge in [0.1, 0.15) is 0 Å². The van der Waals surface area contributed by atoms with Crippen molar-refractivity contribution < 1.29 is 9.90 Å². The molecule has 0 aromatic carbocycles. The van der Waals surface area contributed by atoms with Crippen LogP contribution in [0.5, 0.6) is 0 Å². The molecular weight excluding hydrogens is 204 g/mol. The van der Waals surface area contributed by atoms with Crippen molar-refractivity contribution >= 4 is 11.7 Å². The molecule has 0 radical (unpaired) electrons. The lowest BCUT2D eigenvalue weighted by Gasteiger charge is -2.23. The summed E-state index contributed by atoms with van der Waals surface area (Å²) in [5, 5.41) is 9.08. The largest absolute Gasteiger partial charge is 0.478 e. The van der Waals surface area contributed by atoms with Crippen LogP contribution >= 0.6 is 0 Å². The van der Waals surface area contributed by atoms with Gasteiger partial charge in [-0.3, -0.25) is 4.98 Å². The summed E-state index contributed by atoms with van der Waals surface area (Å²) in [4.78, 5) is 17.0. The minimum atomic E-state index is -0.944. The van der Waals surface area contributed by atoms with Crippen LogP contribution < -0.4 is 4.90 Å². The number of nitrogens with zero attached hydrogens (tertiary/aromatic N) is 2. The monoisotopic (exact) mass is 216 g/mol. The fourth-order valence-electron chi connectivity index (χ4n) is 2.02. The number of hydrogen-bond acceptors (Lipinski definition) is 3. The first-order chi connectivity index (χ1) is 7.74. The van der Waals surface area contributed by atoms with Gasteiger partial charge in [0.25, 0.3) is 0 Å². The predicted molar refractivity (Wildman–Crippen MR) is 60.4 cm³/mol. The van der Waals surface area contributed by atoms with E-state index in [1.54, 1.807) is 6.20 Å². The van der Waals surface area contributed by atoms with Crippen molar-refractivity contribution in [3.63, 3.8) is 0 Å². The van der Waals surface area contributed by atoms with Gasteiger partial charge in [-0.25, -0.2) is 4.79 Å². The minimum absolute atomic E-state index is 0.0118. The van der Waals surface area contributed by atoms with E-state index in [1.165, 1.54) is 12.3 Å². The van der Waals surface area contributed by atoms with Gasteiger partial charge in [0.2, 0.25) is 0 Å². The molecule has 1 aromatic rings. The number of carboxylic acids is 1. The Hall–Kier alpha value is -2.02. The molecule has 82 valence electrons. The van der Waals surface area contributed by atoms with Gasteiger partial charge in [-0.2, -0.15) is 0 Å². The lowest BCUT2D eigenvalue weighted by molar-refractivity contribution is 0.0697. The molecule has 1 aliphatic heterocycles. The Bertz CT molecular complexity index is 451. The highest BCUT2D eigenvalue weighted by molar-refractivity contribution is 5.94. The van der Waals surface area contributed by atoms with E-state index in [-0.39, 0.29) is 11.6 Å². The van der Waals surface area contributed by atoms with Crippen LogP contribution in [-0.4, -0.2) is 28.6 Å². The summed E-state index contributed by atoms with van der Waals surface area (Å²) in [5.41, 5.74) is 0.882. The maximum Gasteiger partial charge on any atom is 0.337 e.